The summed E-state index contributed by atoms with van der Waals surface area (Å²) in [5.41, 5.74) is 4.46. The van der Waals surface area contributed by atoms with Gasteiger partial charge in [0.05, 0.1) is 13.7 Å². The summed E-state index contributed by atoms with van der Waals surface area (Å²) in [7, 11) is 1.13. The van der Waals surface area contributed by atoms with Gasteiger partial charge in [-0.1, -0.05) is 39.7 Å². The number of esters is 1. The Morgan fingerprint density at radius 3 is 2.41 bits per heavy atom. The molecule has 4 N–H and O–H groups in total. The molecule has 1 aromatic carbocycles. The molecule has 27 heavy (non-hydrogen) atoms. The van der Waals surface area contributed by atoms with Crippen molar-refractivity contribution in [1.82, 2.24) is 0 Å². The van der Waals surface area contributed by atoms with Crippen molar-refractivity contribution in [2.75, 3.05) is 13.7 Å². The number of aromatic hydroxyl groups is 2. The van der Waals surface area contributed by atoms with E-state index in [1.807, 2.05) is 20.8 Å². The van der Waals surface area contributed by atoms with Crippen molar-refractivity contribution in [3.8, 4) is 11.5 Å². The lowest BCUT2D eigenvalue weighted by molar-refractivity contribution is -0.168. The first-order chi connectivity index (χ1) is 12.7. The van der Waals surface area contributed by atoms with Crippen LogP contribution in [-0.4, -0.2) is 41.8 Å². The van der Waals surface area contributed by atoms with Crippen molar-refractivity contribution >= 4 is 12.1 Å². The fourth-order valence-electron chi connectivity index (χ4n) is 2.58. The summed E-state index contributed by atoms with van der Waals surface area (Å²) in [6.45, 7) is 5.86. The number of carbonyl (C=O) groups excluding carboxylic acids is 2. The minimum absolute atomic E-state index is 0.128. The molecule has 1 rings (SSSR count). The van der Waals surface area contributed by atoms with Gasteiger partial charge in [-0.15, -0.1) is 0 Å². The lowest BCUT2D eigenvalue weighted by Gasteiger charge is -2.34. The maximum atomic E-state index is 12.4. The third kappa shape index (κ3) is 5.75. The van der Waals surface area contributed by atoms with E-state index < -0.39 is 23.8 Å². The van der Waals surface area contributed by atoms with E-state index in [1.54, 1.807) is 0 Å². The lowest BCUT2D eigenvalue weighted by Crippen LogP contribution is -2.57. The molecule has 1 aromatic rings. The Hall–Kier alpha value is -2.48. The van der Waals surface area contributed by atoms with Gasteiger partial charge in [0.15, 0.2) is 11.5 Å². The highest BCUT2D eigenvalue weighted by Gasteiger charge is 2.48. The number of ether oxygens (including phenoxy) is 3. The maximum Gasteiger partial charge on any atom is 0.510 e. The molecule has 0 aliphatic rings. The zero-order valence-corrected chi connectivity index (χ0v) is 16.2. The summed E-state index contributed by atoms with van der Waals surface area (Å²) in [5.74, 6) is -2.33. The molecule has 0 heterocycles. The molecule has 0 saturated carbocycles. The summed E-state index contributed by atoms with van der Waals surface area (Å²) in [5, 5.41) is 19.3. The molecule has 0 amide bonds. The number of benzene rings is 1. The minimum Gasteiger partial charge on any atom is -0.504 e. The topological polar surface area (TPSA) is 128 Å². The van der Waals surface area contributed by atoms with Crippen LogP contribution in [0.15, 0.2) is 18.2 Å². The first kappa shape index (κ1) is 22.6. The van der Waals surface area contributed by atoms with Gasteiger partial charge >= 0.3 is 12.1 Å². The second-order valence-corrected chi connectivity index (χ2v) is 6.55. The predicted octanol–water partition coefficient (Wildman–Crippen LogP) is 3.01. The Morgan fingerprint density at radius 2 is 1.89 bits per heavy atom. The molecule has 0 bridgehead atoms. The van der Waals surface area contributed by atoms with Gasteiger partial charge in [-0.2, -0.15) is 0 Å². The second kappa shape index (κ2) is 10.0. The number of hydrogen-bond acceptors (Lipinski definition) is 8. The highest BCUT2D eigenvalue weighted by molar-refractivity contribution is 5.82. The highest BCUT2D eigenvalue weighted by Crippen LogP contribution is 2.37. The first-order valence-electron chi connectivity index (χ1n) is 8.94. The van der Waals surface area contributed by atoms with Crippen molar-refractivity contribution in [2.24, 2.45) is 11.7 Å². The van der Waals surface area contributed by atoms with Gasteiger partial charge in [0, 0.05) is 5.92 Å². The predicted molar refractivity (Wildman–Crippen MR) is 98.2 cm³/mol. The van der Waals surface area contributed by atoms with Crippen LogP contribution in [0.1, 0.15) is 51.5 Å². The molecule has 152 valence electrons. The van der Waals surface area contributed by atoms with Crippen molar-refractivity contribution in [2.45, 2.75) is 51.7 Å². The van der Waals surface area contributed by atoms with E-state index in [9.17, 15) is 19.8 Å². The van der Waals surface area contributed by atoms with Crippen molar-refractivity contribution in [3.05, 3.63) is 23.8 Å². The monoisotopic (exact) mass is 383 g/mol. The molecule has 3 atom stereocenters. The van der Waals surface area contributed by atoms with Gasteiger partial charge in [-0.25, -0.2) is 9.59 Å². The van der Waals surface area contributed by atoms with Crippen LogP contribution >= 0.6 is 0 Å². The number of rotatable bonds is 9. The van der Waals surface area contributed by atoms with Gasteiger partial charge in [0.25, 0.3) is 5.72 Å². The Labute approximate surface area is 159 Å². The fourth-order valence-corrected chi connectivity index (χ4v) is 2.58. The normalized spacial score (nSPS) is 15.3. The lowest BCUT2D eigenvalue weighted by atomic mass is 9.84. The zero-order chi connectivity index (χ0) is 20.6. The van der Waals surface area contributed by atoms with Crippen molar-refractivity contribution < 1.29 is 34.0 Å². The molecule has 0 aliphatic heterocycles. The second-order valence-electron chi connectivity index (χ2n) is 6.55. The maximum absolute atomic E-state index is 12.4. The zero-order valence-electron chi connectivity index (χ0n) is 16.2. The molecule has 0 aromatic heterocycles. The van der Waals surface area contributed by atoms with Crippen LogP contribution in [0.3, 0.4) is 0 Å². The van der Waals surface area contributed by atoms with Crippen LogP contribution in [0.4, 0.5) is 4.79 Å². The number of hydrogen-bond donors (Lipinski definition) is 3. The van der Waals surface area contributed by atoms with Crippen LogP contribution in [0.2, 0.25) is 0 Å². The molecular formula is C19H29NO7. The van der Waals surface area contributed by atoms with E-state index in [2.05, 4.69) is 0 Å². The van der Waals surface area contributed by atoms with Gasteiger partial charge in [0.1, 0.15) is 0 Å². The van der Waals surface area contributed by atoms with Crippen molar-refractivity contribution in [3.63, 3.8) is 0 Å². The summed E-state index contributed by atoms with van der Waals surface area (Å²) >= 11 is 0. The molecule has 1 unspecified atom stereocenters. The third-order valence-corrected chi connectivity index (χ3v) is 4.44. The Morgan fingerprint density at radius 1 is 1.22 bits per heavy atom. The molecule has 0 fully saturated rings. The minimum atomic E-state index is -2.15. The van der Waals surface area contributed by atoms with Crippen LogP contribution < -0.4 is 5.73 Å². The van der Waals surface area contributed by atoms with Crippen molar-refractivity contribution in [1.29, 1.82) is 0 Å². The smallest absolute Gasteiger partial charge is 0.504 e. The summed E-state index contributed by atoms with van der Waals surface area (Å²) < 4.78 is 15.0. The van der Waals surface area contributed by atoms with Crippen LogP contribution in [0.5, 0.6) is 11.5 Å². The van der Waals surface area contributed by atoms with E-state index in [4.69, 9.17) is 19.9 Å². The largest absolute Gasteiger partial charge is 0.510 e. The fraction of sp³-hybridized carbons (Fsp3) is 0.579. The van der Waals surface area contributed by atoms with E-state index in [0.717, 1.165) is 13.5 Å². The number of methoxy groups -OCH3 is 1. The standard InChI is InChI=1S/C19H29NO7/c1-5-7-14(13-8-9-15(21)16(22)10-13)19(20,17(23)25-4)27-18(24)26-11-12(3)6-2/h8-10,12,14,21-22H,5-7,11,20H2,1-4H3/t12-,14?,19-/m0/s1. The SMILES string of the molecule is CCCC(c1ccc(O)c(O)c1)[C@](N)(OC(=O)OC[C@@H](C)CC)C(=O)OC. The Bertz CT molecular complexity index is 649. The molecule has 0 radical (unpaired) electrons. The summed E-state index contributed by atoms with van der Waals surface area (Å²) in [6.07, 6.45) is 0.693. The van der Waals surface area contributed by atoms with Crippen LogP contribution in [-0.2, 0) is 19.0 Å². The third-order valence-electron chi connectivity index (χ3n) is 4.44. The quantitative estimate of drug-likeness (QED) is 0.337. The van der Waals surface area contributed by atoms with Crippen LogP contribution in [0, 0.1) is 5.92 Å². The highest BCUT2D eigenvalue weighted by atomic mass is 16.7. The summed E-state index contributed by atoms with van der Waals surface area (Å²) in [6, 6.07) is 4.04. The van der Waals surface area contributed by atoms with Gasteiger partial charge in [-0.3, -0.25) is 5.73 Å². The van der Waals surface area contributed by atoms with E-state index in [-0.39, 0.29) is 24.0 Å². The molecule has 0 spiro atoms. The average molecular weight is 383 g/mol. The van der Waals surface area contributed by atoms with Crippen LogP contribution in [0.25, 0.3) is 0 Å². The first-order valence-corrected chi connectivity index (χ1v) is 8.94. The summed E-state index contributed by atoms with van der Waals surface area (Å²) in [4.78, 5) is 24.6. The Kier molecular flexibility index (Phi) is 8.36. The molecule has 0 aliphatic carbocycles. The molecular weight excluding hydrogens is 354 g/mol. The number of nitrogens with two attached hydrogens (primary N) is 1. The number of carbonyl (C=O) groups is 2. The van der Waals surface area contributed by atoms with E-state index in [0.29, 0.717) is 18.4 Å². The molecule has 8 heteroatoms. The molecule has 8 nitrogen and oxygen atoms in total. The number of phenolic OH excluding ortho intramolecular Hbond substituents is 2. The number of phenols is 2. The van der Waals surface area contributed by atoms with Gasteiger partial charge < -0.3 is 24.4 Å². The van der Waals surface area contributed by atoms with Gasteiger partial charge in [0.2, 0.25) is 0 Å². The van der Waals surface area contributed by atoms with E-state index in [1.165, 1.54) is 18.2 Å². The average Bonchev–Trinajstić information content (AvgIpc) is 2.65. The van der Waals surface area contributed by atoms with E-state index >= 15 is 0 Å². The molecule has 0 saturated heterocycles. The Balaban J connectivity index is 3.19. The van der Waals surface area contributed by atoms with Gasteiger partial charge in [-0.05, 0) is 30.0 Å².